The first-order chi connectivity index (χ1) is 17.0. The van der Waals surface area contributed by atoms with Gasteiger partial charge in [-0.3, -0.25) is 0 Å². The molecule has 0 radical (unpaired) electrons. The lowest BCUT2D eigenvalue weighted by Gasteiger charge is -2.39. The zero-order valence-corrected chi connectivity index (χ0v) is 20.8. The number of amides is 1. The fourth-order valence-corrected chi connectivity index (χ4v) is 6.04. The quantitative estimate of drug-likeness (QED) is 0.508. The van der Waals surface area contributed by atoms with Crippen LogP contribution in [0.15, 0.2) is 77.8 Å². The van der Waals surface area contributed by atoms with Gasteiger partial charge in [-0.1, -0.05) is 54.6 Å². The van der Waals surface area contributed by atoms with Gasteiger partial charge in [0.05, 0.1) is 6.04 Å². The Morgan fingerprint density at radius 3 is 2.42 bits per heavy atom. The molecule has 0 saturated carbocycles. The van der Waals surface area contributed by atoms with Crippen LogP contribution in [0.2, 0.25) is 0 Å². The number of hydrogen-bond acceptors (Lipinski definition) is 6. The van der Waals surface area contributed by atoms with Crippen molar-refractivity contribution in [2.45, 2.75) is 37.7 Å². The number of nitrogens with one attached hydrogen (secondary N) is 1. The average molecular weight is 512 g/mol. The Morgan fingerprint density at radius 2 is 1.78 bits per heavy atom. The Hall–Kier alpha value is -3.92. The average Bonchev–Trinajstić information content (AvgIpc) is 2.78. The zero-order valence-electron chi connectivity index (χ0n) is 19.9. The summed E-state index contributed by atoms with van der Waals surface area (Å²) in [6.07, 6.45) is -0.911. The summed E-state index contributed by atoms with van der Waals surface area (Å²) in [7, 11) is -3.94. The molecule has 1 amide bonds. The molecule has 1 aliphatic rings. The van der Waals surface area contributed by atoms with Crippen LogP contribution >= 0.6 is 0 Å². The number of ether oxygens (including phenoxy) is 2. The molecule has 3 aromatic rings. The van der Waals surface area contributed by atoms with Crippen molar-refractivity contribution >= 4 is 22.1 Å². The Kier molecular flexibility index (Phi) is 6.73. The van der Waals surface area contributed by atoms with Gasteiger partial charge in [0.1, 0.15) is 22.4 Å². The molecule has 36 heavy (non-hydrogen) atoms. The third-order valence-electron chi connectivity index (χ3n) is 5.80. The van der Waals surface area contributed by atoms with Crippen LogP contribution in [0.3, 0.4) is 0 Å². The number of carbonyl (C=O) groups is 1. The SMILES string of the molecule is C[C@H](N=C1NS(=O)(=O)[C@H](c2ccc(-c3cccc(OC(N)=O)c3)cc2)C(C)(C)O1)c1ccccc1F. The number of aliphatic imine (C=N–C) groups is 1. The third-order valence-corrected chi connectivity index (χ3v) is 7.72. The van der Waals surface area contributed by atoms with Crippen molar-refractivity contribution < 1.29 is 27.1 Å². The minimum absolute atomic E-state index is 0.185. The van der Waals surface area contributed by atoms with Gasteiger partial charge in [-0.15, -0.1) is 0 Å². The van der Waals surface area contributed by atoms with E-state index in [1.54, 1.807) is 81.4 Å². The monoisotopic (exact) mass is 511 g/mol. The molecule has 8 nitrogen and oxygen atoms in total. The van der Waals surface area contributed by atoms with Crippen LogP contribution in [0.25, 0.3) is 11.1 Å². The number of amidine groups is 1. The second kappa shape index (κ2) is 9.62. The van der Waals surface area contributed by atoms with Crippen molar-refractivity contribution in [2.75, 3.05) is 0 Å². The topological polar surface area (TPSA) is 120 Å². The maximum Gasteiger partial charge on any atom is 0.409 e. The number of primary amides is 1. The summed E-state index contributed by atoms with van der Waals surface area (Å²) >= 11 is 0. The van der Waals surface area contributed by atoms with Gasteiger partial charge in [-0.2, -0.15) is 0 Å². The molecule has 2 atom stereocenters. The maximum absolute atomic E-state index is 14.1. The molecular weight excluding hydrogens is 485 g/mol. The lowest BCUT2D eigenvalue weighted by molar-refractivity contribution is 0.0761. The fourth-order valence-electron chi connectivity index (χ4n) is 4.28. The summed E-state index contributed by atoms with van der Waals surface area (Å²) in [6.45, 7) is 4.99. The summed E-state index contributed by atoms with van der Waals surface area (Å²) in [6, 6.07) is 19.1. The van der Waals surface area contributed by atoms with Crippen molar-refractivity contribution in [1.29, 1.82) is 0 Å². The van der Waals surface area contributed by atoms with Crippen molar-refractivity contribution in [3.8, 4) is 16.9 Å². The van der Waals surface area contributed by atoms with Crippen molar-refractivity contribution in [2.24, 2.45) is 10.7 Å². The van der Waals surface area contributed by atoms with E-state index in [2.05, 4.69) is 9.71 Å². The highest BCUT2D eigenvalue weighted by Crippen LogP contribution is 2.39. The molecule has 188 valence electrons. The van der Waals surface area contributed by atoms with Crippen LogP contribution in [0.5, 0.6) is 5.75 Å². The number of benzene rings is 3. The molecule has 0 spiro atoms. The summed E-state index contributed by atoms with van der Waals surface area (Å²) < 4.78 is 54.0. The van der Waals surface area contributed by atoms with Gasteiger partial charge in [0.15, 0.2) is 0 Å². The number of sulfonamides is 1. The molecule has 0 bridgehead atoms. The molecule has 10 heteroatoms. The molecule has 0 unspecified atom stereocenters. The number of halogens is 1. The molecular formula is C26H26FN3O5S. The lowest BCUT2D eigenvalue weighted by Crippen LogP contribution is -2.53. The molecule has 0 aliphatic carbocycles. The molecule has 1 fully saturated rings. The number of rotatable bonds is 5. The number of nitrogens with zero attached hydrogens (tertiary/aromatic N) is 1. The second-order valence-electron chi connectivity index (χ2n) is 8.94. The molecule has 4 rings (SSSR count). The zero-order chi connectivity index (χ0) is 26.1. The van der Waals surface area contributed by atoms with E-state index < -0.39 is 38.8 Å². The first-order valence-corrected chi connectivity index (χ1v) is 12.7. The normalized spacial score (nSPS) is 20.1. The van der Waals surface area contributed by atoms with E-state index in [9.17, 15) is 17.6 Å². The smallest absolute Gasteiger partial charge is 0.409 e. The predicted octanol–water partition coefficient (Wildman–Crippen LogP) is 4.84. The van der Waals surface area contributed by atoms with Gasteiger partial charge in [0.25, 0.3) is 6.02 Å². The van der Waals surface area contributed by atoms with Gasteiger partial charge in [-0.05, 0) is 55.7 Å². The van der Waals surface area contributed by atoms with Gasteiger partial charge in [-0.25, -0.2) is 27.3 Å². The van der Waals surface area contributed by atoms with Crippen molar-refractivity contribution in [1.82, 2.24) is 4.72 Å². The van der Waals surface area contributed by atoms with Crippen LogP contribution in [-0.2, 0) is 14.8 Å². The van der Waals surface area contributed by atoms with E-state index in [1.165, 1.54) is 6.07 Å². The van der Waals surface area contributed by atoms with Crippen molar-refractivity contribution in [3.05, 3.63) is 89.7 Å². The highest BCUT2D eigenvalue weighted by molar-refractivity contribution is 7.90. The van der Waals surface area contributed by atoms with Crippen LogP contribution < -0.4 is 15.2 Å². The highest BCUT2D eigenvalue weighted by Gasteiger charge is 2.48. The van der Waals surface area contributed by atoms with E-state index in [0.29, 0.717) is 16.9 Å². The summed E-state index contributed by atoms with van der Waals surface area (Å²) in [5.74, 6) is -0.133. The van der Waals surface area contributed by atoms with Crippen LogP contribution in [0.1, 0.15) is 43.2 Å². The third kappa shape index (κ3) is 5.33. The largest absolute Gasteiger partial charge is 0.457 e. The first kappa shape index (κ1) is 25.2. The van der Waals surface area contributed by atoms with Gasteiger partial charge in [0.2, 0.25) is 10.0 Å². The van der Waals surface area contributed by atoms with Gasteiger partial charge in [0, 0.05) is 5.56 Å². The molecule has 3 aromatic carbocycles. The van der Waals surface area contributed by atoms with E-state index in [0.717, 1.165) is 11.1 Å². The second-order valence-corrected chi connectivity index (χ2v) is 10.7. The van der Waals surface area contributed by atoms with Gasteiger partial charge < -0.3 is 15.2 Å². The molecule has 0 aromatic heterocycles. The summed E-state index contributed by atoms with van der Waals surface area (Å²) in [4.78, 5) is 15.3. The van der Waals surface area contributed by atoms with E-state index in [-0.39, 0.29) is 6.02 Å². The van der Waals surface area contributed by atoms with Crippen LogP contribution in [0, 0.1) is 5.82 Å². The number of nitrogens with two attached hydrogens (primary N) is 1. The van der Waals surface area contributed by atoms with Gasteiger partial charge >= 0.3 is 6.09 Å². The van der Waals surface area contributed by atoms with E-state index >= 15 is 0 Å². The predicted molar refractivity (Wildman–Crippen MR) is 134 cm³/mol. The Labute approximate surface area is 209 Å². The summed E-state index contributed by atoms with van der Waals surface area (Å²) in [5.41, 5.74) is 6.30. The Balaban J connectivity index is 1.59. The Bertz CT molecular complexity index is 1420. The highest BCUT2D eigenvalue weighted by atomic mass is 32.2. The minimum atomic E-state index is -3.94. The van der Waals surface area contributed by atoms with E-state index in [1.807, 2.05) is 6.07 Å². The van der Waals surface area contributed by atoms with Crippen LogP contribution in [0.4, 0.5) is 9.18 Å². The minimum Gasteiger partial charge on any atom is -0.457 e. The van der Waals surface area contributed by atoms with E-state index in [4.69, 9.17) is 15.2 Å². The Morgan fingerprint density at radius 1 is 1.08 bits per heavy atom. The first-order valence-electron chi connectivity index (χ1n) is 11.2. The number of hydrogen-bond donors (Lipinski definition) is 2. The fraction of sp³-hybridized carbons (Fsp3) is 0.231. The van der Waals surface area contributed by atoms with Crippen LogP contribution in [-0.4, -0.2) is 26.1 Å². The standard InChI is InChI=1S/C26H26FN3O5S/c1-16(21-9-4-5-10-22(21)27)29-25-30-36(32,33)23(26(2,3)35-25)18-13-11-17(12-14-18)19-7-6-8-20(15-19)34-24(28)31/h4-16,23H,1-3H3,(H2,28,31)(H,29,30)/t16-,23+/m0/s1. The maximum atomic E-state index is 14.1. The summed E-state index contributed by atoms with van der Waals surface area (Å²) in [5, 5.41) is -1.04. The molecule has 1 saturated heterocycles. The van der Waals surface area contributed by atoms with Crippen molar-refractivity contribution in [3.63, 3.8) is 0 Å². The number of carbonyl (C=O) groups excluding carboxylic acids is 1. The molecule has 1 aliphatic heterocycles. The molecule has 1 heterocycles. The molecule has 3 N–H and O–H groups in total. The lowest BCUT2D eigenvalue weighted by atomic mass is 9.95.